The van der Waals surface area contributed by atoms with E-state index in [1.165, 1.54) is 0 Å². The number of benzene rings is 1. The van der Waals surface area contributed by atoms with Crippen LogP contribution in [0, 0.1) is 0 Å². The summed E-state index contributed by atoms with van der Waals surface area (Å²) in [5.41, 5.74) is 1.61. The zero-order valence-electron chi connectivity index (χ0n) is 13.2. The fraction of sp³-hybridized carbons (Fsp3) is 0.438. The molecule has 0 unspecified atom stereocenters. The molecule has 1 saturated heterocycles. The van der Waals surface area contributed by atoms with Crippen LogP contribution in [0.15, 0.2) is 36.9 Å². The van der Waals surface area contributed by atoms with Gasteiger partial charge in [-0.1, -0.05) is 0 Å². The van der Waals surface area contributed by atoms with E-state index in [1.807, 2.05) is 29.2 Å². The van der Waals surface area contributed by atoms with E-state index >= 15 is 0 Å². The summed E-state index contributed by atoms with van der Waals surface area (Å²) in [6, 6.07) is 7.44. The highest BCUT2D eigenvalue weighted by Gasteiger charge is 2.22. The van der Waals surface area contributed by atoms with E-state index in [4.69, 9.17) is 0 Å². The highest BCUT2D eigenvalue weighted by molar-refractivity contribution is 5.94. The van der Waals surface area contributed by atoms with Crippen molar-refractivity contribution in [1.29, 1.82) is 0 Å². The summed E-state index contributed by atoms with van der Waals surface area (Å²) in [5.74, 6) is 0.0528. The van der Waals surface area contributed by atoms with E-state index in [-0.39, 0.29) is 12.0 Å². The van der Waals surface area contributed by atoms with Gasteiger partial charge < -0.3 is 10.0 Å². The first-order chi connectivity index (χ1) is 11.1. The first-order valence-corrected chi connectivity index (χ1v) is 7.78. The second kappa shape index (κ2) is 6.89. The number of aromatic nitrogens is 3. The molecule has 3 rings (SSSR count). The quantitative estimate of drug-likeness (QED) is 0.884. The minimum atomic E-state index is -0.331. The van der Waals surface area contributed by atoms with Gasteiger partial charge in [0, 0.05) is 44.0 Å². The number of rotatable bonds is 4. The van der Waals surface area contributed by atoms with Crippen molar-refractivity contribution in [2.75, 3.05) is 32.7 Å². The van der Waals surface area contributed by atoms with Crippen molar-refractivity contribution in [2.45, 2.75) is 13.0 Å². The number of hydrogen-bond donors (Lipinski definition) is 1. The number of nitrogens with zero attached hydrogens (tertiary/aromatic N) is 5. The standard InChI is InChI=1S/C16H21N5O2/c1-13(22)10-19-6-8-20(9-7-19)16(23)14-2-4-15(5-3-14)21-11-17-18-12-21/h2-5,11-13,22H,6-10H2,1H3/t13-/m0/s1. The molecule has 7 heteroatoms. The average Bonchev–Trinajstić information content (AvgIpc) is 3.09. The molecule has 1 aromatic heterocycles. The SMILES string of the molecule is C[C@H](O)CN1CCN(C(=O)c2ccc(-n3cnnc3)cc2)CC1. The van der Waals surface area contributed by atoms with Gasteiger partial charge in [-0.25, -0.2) is 0 Å². The van der Waals surface area contributed by atoms with Crippen LogP contribution in [0.25, 0.3) is 5.69 Å². The lowest BCUT2D eigenvalue weighted by Gasteiger charge is -2.35. The van der Waals surface area contributed by atoms with Gasteiger partial charge in [0.05, 0.1) is 6.10 Å². The molecule has 1 aromatic carbocycles. The predicted molar refractivity (Wildman–Crippen MR) is 85.4 cm³/mol. The summed E-state index contributed by atoms with van der Waals surface area (Å²) in [7, 11) is 0. The van der Waals surface area contributed by atoms with E-state index < -0.39 is 0 Å². The Morgan fingerprint density at radius 1 is 1.13 bits per heavy atom. The molecule has 0 bridgehead atoms. The molecular weight excluding hydrogens is 294 g/mol. The van der Waals surface area contributed by atoms with Gasteiger partial charge in [-0.15, -0.1) is 10.2 Å². The van der Waals surface area contributed by atoms with E-state index in [2.05, 4.69) is 15.1 Å². The fourth-order valence-electron chi connectivity index (χ4n) is 2.80. The normalized spacial score (nSPS) is 17.2. The molecule has 1 fully saturated rings. The number of aliphatic hydroxyl groups is 1. The van der Waals surface area contributed by atoms with Crippen LogP contribution in [0.4, 0.5) is 0 Å². The summed E-state index contributed by atoms with van der Waals surface area (Å²) in [5, 5.41) is 17.0. The van der Waals surface area contributed by atoms with Crippen molar-refractivity contribution in [3.63, 3.8) is 0 Å². The molecule has 2 heterocycles. The lowest BCUT2D eigenvalue weighted by Crippen LogP contribution is -2.50. The number of amides is 1. The molecule has 1 amide bonds. The molecule has 0 spiro atoms. The second-order valence-electron chi connectivity index (χ2n) is 5.86. The molecule has 1 atom stereocenters. The number of hydrogen-bond acceptors (Lipinski definition) is 5. The van der Waals surface area contributed by atoms with Crippen LogP contribution in [0.5, 0.6) is 0 Å². The second-order valence-corrected chi connectivity index (χ2v) is 5.86. The Bertz CT molecular complexity index is 631. The van der Waals surface area contributed by atoms with Crippen molar-refractivity contribution in [1.82, 2.24) is 24.6 Å². The third-order valence-electron chi connectivity index (χ3n) is 4.01. The summed E-state index contributed by atoms with van der Waals surface area (Å²) < 4.78 is 1.79. The van der Waals surface area contributed by atoms with Gasteiger partial charge in [0.25, 0.3) is 5.91 Å². The summed E-state index contributed by atoms with van der Waals surface area (Å²) in [4.78, 5) is 16.6. The van der Waals surface area contributed by atoms with Crippen LogP contribution in [-0.4, -0.2) is 74.4 Å². The molecule has 0 radical (unpaired) electrons. The smallest absolute Gasteiger partial charge is 0.253 e. The maximum absolute atomic E-state index is 12.6. The minimum Gasteiger partial charge on any atom is -0.392 e. The van der Waals surface area contributed by atoms with Crippen LogP contribution in [0.3, 0.4) is 0 Å². The van der Waals surface area contributed by atoms with Gasteiger partial charge >= 0.3 is 0 Å². The number of β-amino-alcohol motifs (C(OH)–C–C–N with tert-alkyl or cyclic N) is 1. The third-order valence-corrected chi connectivity index (χ3v) is 4.01. The number of carbonyl (C=O) groups excluding carboxylic acids is 1. The van der Waals surface area contributed by atoms with Crippen molar-refractivity contribution < 1.29 is 9.90 Å². The first kappa shape index (κ1) is 15.6. The van der Waals surface area contributed by atoms with Crippen molar-refractivity contribution in [2.24, 2.45) is 0 Å². The van der Waals surface area contributed by atoms with E-state index in [0.29, 0.717) is 25.2 Å². The molecule has 0 saturated carbocycles. The summed E-state index contributed by atoms with van der Waals surface area (Å²) >= 11 is 0. The molecule has 7 nitrogen and oxygen atoms in total. The molecule has 0 aliphatic carbocycles. The fourth-order valence-corrected chi connectivity index (χ4v) is 2.80. The molecule has 1 aliphatic heterocycles. The molecule has 2 aromatic rings. The number of carbonyl (C=O) groups is 1. The van der Waals surface area contributed by atoms with Crippen LogP contribution < -0.4 is 0 Å². The lowest BCUT2D eigenvalue weighted by atomic mass is 10.1. The Morgan fingerprint density at radius 3 is 2.30 bits per heavy atom. The van der Waals surface area contributed by atoms with E-state index in [9.17, 15) is 9.90 Å². The van der Waals surface area contributed by atoms with Crippen LogP contribution >= 0.6 is 0 Å². The van der Waals surface area contributed by atoms with Crippen LogP contribution in [0.2, 0.25) is 0 Å². The van der Waals surface area contributed by atoms with Crippen LogP contribution in [-0.2, 0) is 0 Å². The predicted octanol–water partition coefficient (Wildman–Crippen LogP) is 0.406. The highest BCUT2D eigenvalue weighted by atomic mass is 16.3. The Balaban J connectivity index is 1.60. The number of aliphatic hydroxyl groups excluding tert-OH is 1. The van der Waals surface area contributed by atoms with Gasteiger partial charge in [-0.3, -0.25) is 14.3 Å². The van der Waals surface area contributed by atoms with Gasteiger partial charge in [0.2, 0.25) is 0 Å². The zero-order chi connectivity index (χ0) is 16.2. The van der Waals surface area contributed by atoms with Crippen LogP contribution in [0.1, 0.15) is 17.3 Å². The van der Waals surface area contributed by atoms with E-state index in [0.717, 1.165) is 18.8 Å². The summed E-state index contributed by atoms with van der Waals surface area (Å²) in [6.07, 6.45) is 2.92. The Labute approximate surface area is 135 Å². The first-order valence-electron chi connectivity index (χ1n) is 7.78. The monoisotopic (exact) mass is 315 g/mol. The van der Waals surface area contributed by atoms with Crippen molar-refractivity contribution in [3.05, 3.63) is 42.5 Å². The van der Waals surface area contributed by atoms with Gasteiger partial charge in [0.15, 0.2) is 0 Å². The Hall–Kier alpha value is -2.25. The van der Waals surface area contributed by atoms with Crippen molar-refractivity contribution in [3.8, 4) is 5.69 Å². The Kier molecular flexibility index (Phi) is 4.68. The van der Waals surface area contributed by atoms with Gasteiger partial charge in [0.1, 0.15) is 12.7 Å². The van der Waals surface area contributed by atoms with Crippen molar-refractivity contribution >= 4 is 5.91 Å². The Morgan fingerprint density at radius 2 is 1.74 bits per heavy atom. The van der Waals surface area contributed by atoms with Gasteiger partial charge in [-0.05, 0) is 31.2 Å². The molecular formula is C16H21N5O2. The lowest BCUT2D eigenvalue weighted by molar-refractivity contribution is 0.0554. The summed E-state index contributed by atoms with van der Waals surface area (Å²) in [6.45, 7) is 5.44. The average molecular weight is 315 g/mol. The third kappa shape index (κ3) is 3.75. The largest absolute Gasteiger partial charge is 0.392 e. The van der Waals surface area contributed by atoms with E-state index in [1.54, 1.807) is 24.1 Å². The maximum atomic E-state index is 12.6. The molecule has 1 aliphatic rings. The maximum Gasteiger partial charge on any atom is 0.253 e. The highest BCUT2D eigenvalue weighted by Crippen LogP contribution is 2.12. The molecule has 1 N–H and O–H groups in total. The minimum absolute atomic E-state index is 0.0528. The molecule has 23 heavy (non-hydrogen) atoms. The number of piperazine rings is 1. The zero-order valence-corrected chi connectivity index (χ0v) is 13.2. The topological polar surface area (TPSA) is 74.5 Å². The van der Waals surface area contributed by atoms with Gasteiger partial charge in [-0.2, -0.15) is 0 Å². The molecule has 122 valence electrons.